The fraction of sp³-hybridized carbons (Fsp3) is 0.367. The number of ether oxygens (including phenoxy) is 2. The van der Waals surface area contributed by atoms with Gasteiger partial charge in [0.2, 0.25) is 0 Å². The molecule has 0 atom stereocenters. The van der Waals surface area contributed by atoms with E-state index in [-0.39, 0.29) is 36.4 Å². The number of nitrogens with zero attached hydrogens (tertiary/aromatic N) is 1. The molecule has 0 unspecified atom stereocenters. The number of alkyl halides is 3. The Morgan fingerprint density at radius 3 is 2.49 bits per heavy atom. The highest BCUT2D eigenvalue weighted by Gasteiger charge is 2.34. The van der Waals surface area contributed by atoms with E-state index in [1.807, 2.05) is 36.9 Å². The fourth-order valence-corrected chi connectivity index (χ4v) is 5.06. The maximum absolute atomic E-state index is 13.5. The maximum Gasteiger partial charge on any atom is 0.417 e. The van der Waals surface area contributed by atoms with E-state index in [0.29, 0.717) is 37.4 Å². The third kappa shape index (κ3) is 7.51. The second-order valence-electron chi connectivity index (χ2n) is 10.3. The molecule has 4 nitrogen and oxygen atoms in total. The van der Waals surface area contributed by atoms with Crippen molar-refractivity contribution in [2.24, 2.45) is 0 Å². The molecule has 0 fully saturated rings. The Kier molecular flexibility index (Phi) is 8.86. The zero-order chi connectivity index (χ0) is 28.2. The minimum absolute atomic E-state index is 0.203. The van der Waals surface area contributed by atoms with E-state index in [2.05, 4.69) is 0 Å². The van der Waals surface area contributed by atoms with Crippen molar-refractivity contribution < 1.29 is 31.8 Å². The number of fused-ring (bicyclic) bond motifs is 1. The summed E-state index contributed by atoms with van der Waals surface area (Å²) in [4.78, 5) is 13.6. The lowest BCUT2D eigenvalue weighted by molar-refractivity contribution is -0.145. The van der Waals surface area contributed by atoms with Gasteiger partial charge in [0, 0.05) is 25.0 Å². The lowest BCUT2D eigenvalue weighted by Gasteiger charge is -2.34. The summed E-state index contributed by atoms with van der Waals surface area (Å²) in [6, 6.07) is 15.7. The van der Waals surface area contributed by atoms with Crippen LogP contribution in [0, 0.1) is 5.82 Å². The summed E-state index contributed by atoms with van der Waals surface area (Å²) in [5.41, 5.74) is 1.84. The average molecular weight is 564 g/mol. The predicted molar refractivity (Wildman–Crippen MR) is 141 cm³/mol. The Morgan fingerprint density at radius 1 is 1.03 bits per heavy atom. The molecule has 1 aliphatic rings. The first kappa shape index (κ1) is 28.9. The highest BCUT2D eigenvalue weighted by atomic mass is 35.5. The molecule has 0 saturated heterocycles. The summed E-state index contributed by atoms with van der Waals surface area (Å²) < 4.78 is 64.9. The third-order valence-electron chi connectivity index (χ3n) is 6.81. The smallest absolute Gasteiger partial charge is 0.417 e. The van der Waals surface area contributed by atoms with Gasteiger partial charge in [-0.1, -0.05) is 55.8 Å². The Morgan fingerprint density at radius 2 is 1.77 bits per heavy atom. The van der Waals surface area contributed by atoms with Gasteiger partial charge in [-0.2, -0.15) is 13.2 Å². The van der Waals surface area contributed by atoms with E-state index in [0.717, 1.165) is 22.8 Å². The average Bonchev–Trinajstić information content (AvgIpc) is 2.87. The number of cyclic esters (lactones) is 1. The van der Waals surface area contributed by atoms with Gasteiger partial charge in [-0.3, -0.25) is 9.69 Å². The summed E-state index contributed by atoms with van der Waals surface area (Å²) in [6.45, 7) is 5.86. The molecule has 1 heterocycles. The molecule has 0 aromatic heterocycles. The van der Waals surface area contributed by atoms with Gasteiger partial charge in [0.15, 0.2) is 0 Å². The summed E-state index contributed by atoms with van der Waals surface area (Å²) in [5, 5.41) is -0.307. The first-order valence-electron chi connectivity index (χ1n) is 12.7. The predicted octanol–water partition coefficient (Wildman–Crippen LogP) is 7.35. The van der Waals surface area contributed by atoms with Crippen LogP contribution in [0.3, 0.4) is 0 Å². The Labute approximate surface area is 230 Å². The Hall–Kier alpha value is -3.10. The fourth-order valence-electron chi connectivity index (χ4n) is 4.77. The number of hydrogen-bond donors (Lipinski definition) is 0. The van der Waals surface area contributed by atoms with Gasteiger partial charge in [0.05, 0.1) is 23.6 Å². The number of hydrogen-bond acceptors (Lipinski definition) is 4. The first-order valence-corrected chi connectivity index (χ1v) is 13.0. The molecule has 0 aliphatic carbocycles. The number of halogens is 5. The lowest BCUT2D eigenvalue weighted by atomic mass is 9.84. The second-order valence-corrected chi connectivity index (χ2v) is 10.7. The van der Waals surface area contributed by atoms with Gasteiger partial charge in [0.25, 0.3) is 0 Å². The molecule has 0 spiro atoms. The molecule has 39 heavy (non-hydrogen) atoms. The first-order chi connectivity index (χ1) is 18.4. The zero-order valence-corrected chi connectivity index (χ0v) is 22.5. The summed E-state index contributed by atoms with van der Waals surface area (Å²) >= 11 is 6.21. The minimum atomic E-state index is -4.55. The zero-order valence-electron chi connectivity index (χ0n) is 21.8. The molecule has 1 aliphatic heterocycles. The van der Waals surface area contributed by atoms with Gasteiger partial charge < -0.3 is 9.47 Å². The van der Waals surface area contributed by atoms with Crippen LogP contribution in [0.2, 0.25) is 5.02 Å². The number of esters is 1. The molecule has 9 heteroatoms. The van der Waals surface area contributed by atoms with Crippen molar-refractivity contribution in [3.8, 4) is 5.75 Å². The van der Waals surface area contributed by atoms with Crippen LogP contribution in [0.25, 0.3) is 0 Å². The SMILES string of the molecule is CC(C)(CN(CCCOc1ccc2c(c1)CC(=O)OC2)Cc1cccc(C(F)(F)F)c1Cl)c1ccc(F)cc1. The molecular formula is C30H30ClF4NO3. The maximum atomic E-state index is 13.5. The van der Waals surface area contributed by atoms with Crippen LogP contribution in [0.15, 0.2) is 60.7 Å². The summed E-state index contributed by atoms with van der Waals surface area (Å²) in [6.07, 6.45) is -3.75. The molecule has 0 saturated carbocycles. The van der Waals surface area contributed by atoms with Gasteiger partial charge in [-0.25, -0.2) is 4.39 Å². The monoisotopic (exact) mass is 563 g/mol. The molecule has 0 bridgehead atoms. The van der Waals surface area contributed by atoms with Crippen molar-refractivity contribution in [2.45, 2.75) is 51.4 Å². The van der Waals surface area contributed by atoms with Crippen LogP contribution < -0.4 is 4.74 Å². The Balaban J connectivity index is 1.47. The van der Waals surface area contributed by atoms with Gasteiger partial charge in [-0.15, -0.1) is 0 Å². The normalized spacial score (nSPS) is 13.8. The standard InChI is InChI=1S/C30H30ClF4NO3/c1-29(2,23-8-10-24(32)11-9-23)19-36(17-20-5-3-6-26(28(20)31)30(33,34)35)13-4-14-38-25-12-7-21-18-39-27(37)16-22(21)15-25/h3,5-12,15H,4,13-14,16-19H2,1-2H3. The molecule has 3 aromatic rings. The van der Waals surface area contributed by atoms with Crippen LogP contribution in [-0.4, -0.2) is 30.6 Å². The summed E-state index contributed by atoms with van der Waals surface area (Å²) in [7, 11) is 0. The van der Waals surface area contributed by atoms with E-state index >= 15 is 0 Å². The Bertz CT molecular complexity index is 1310. The molecular weight excluding hydrogens is 534 g/mol. The highest BCUT2D eigenvalue weighted by molar-refractivity contribution is 6.32. The van der Waals surface area contributed by atoms with Crippen molar-refractivity contribution >= 4 is 17.6 Å². The third-order valence-corrected chi connectivity index (χ3v) is 7.26. The highest BCUT2D eigenvalue weighted by Crippen LogP contribution is 2.37. The topological polar surface area (TPSA) is 38.8 Å². The van der Waals surface area contributed by atoms with E-state index in [1.165, 1.54) is 18.2 Å². The number of rotatable bonds is 10. The van der Waals surface area contributed by atoms with Crippen molar-refractivity contribution in [2.75, 3.05) is 19.7 Å². The van der Waals surface area contributed by atoms with Crippen molar-refractivity contribution in [1.29, 1.82) is 0 Å². The van der Waals surface area contributed by atoms with Crippen LogP contribution in [0.4, 0.5) is 17.6 Å². The van der Waals surface area contributed by atoms with Crippen LogP contribution >= 0.6 is 11.6 Å². The molecule has 4 rings (SSSR count). The van der Waals surface area contributed by atoms with Gasteiger partial charge in [-0.05, 0) is 59.0 Å². The van der Waals surface area contributed by atoms with Crippen molar-refractivity contribution in [3.05, 3.63) is 99.3 Å². The summed E-state index contributed by atoms with van der Waals surface area (Å²) in [5.74, 6) is 0.0354. The lowest BCUT2D eigenvalue weighted by Crippen LogP contribution is -2.38. The van der Waals surface area contributed by atoms with E-state index in [9.17, 15) is 22.4 Å². The molecule has 0 radical (unpaired) electrons. The molecule has 208 valence electrons. The van der Waals surface area contributed by atoms with Crippen LogP contribution in [0.1, 0.15) is 48.1 Å². The largest absolute Gasteiger partial charge is 0.494 e. The van der Waals surface area contributed by atoms with E-state index in [1.54, 1.807) is 18.2 Å². The van der Waals surface area contributed by atoms with Crippen molar-refractivity contribution in [1.82, 2.24) is 4.90 Å². The number of benzene rings is 3. The van der Waals surface area contributed by atoms with Crippen LogP contribution in [0.5, 0.6) is 5.75 Å². The molecule has 0 N–H and O–H groups in total. The van der Waals surface area contributed by atoms with Crippen LogP contribution in [-0.2, 0) is 40.7 Å². The second kappa shape index (κ2) is 12.0. The van der Waals surface area contributed by atoms with E-state index in [4.69, 9.17) is 21.1 Å². The van der Waals surface area contributed by atoms with Gasteiger partial charge in [0.1, 0.15) is 18.2 Å². The van der Waals surface area contributed by atoms with Gasteiger partial charge >= 0.3 is 12.1 Å². The van der Waals surface area contributed by atoms with E-state index < -0.39 is 17.2 Å². The minimum Gasteiger partial charge on any atom is -0.494 e. The number of carbonyl (C=O) groups excluding carboxylic acids is 1. The quantitative estimate of drug-likeness (QED) is 0.147. The molecule has 0 amide bonds. The number of carbonyl (C=O) groups is 1. The molecule has 3 aromatic carbocycles. The van der Waals surface area contributed by atoms with Crippen molar-refractivity contribution in [3.63, 3.8) is 0 Å².